The standard InChI is InChI=1S/C19H17F3N2O5/c1-11(18(26)27)29-16-13(6-4-8-15(16)28-2)10-23-24-17(25)12-5-3-7-14(9-12)19(20,21)22/h3-11H,1-2H3,(H,24,25)(H,26,27)/b23-10-/t11-/m1/s1. The Labute approximate surface area is 163 Å². The van der Waals surface area contributed by atoms with Crippen LogP contribution in [0, 0.1) is 0 Å². The molecular formula is C19H17F3N2O5. The molecular weight excluding hydrogens is 393 g/mol. The van der Waals surface area contributed by atoms with E-state index in [1.54, 1.807) is 12.1 Å². The van der Waals surface area contributed by atoms with Crippen LogP contribution >= 0.6 is 0 Å². The number of carbonyl (C=O) groups is 2. The second kappa shape index (κ2) is 9.09. The number of carbonyl (C=O) groups excluding carboxylic acids is 1. The molecule has 0 aliphatic heterocycles. The normalized spacial score (nSPS) is 12.4. The van der Waals surface area contributed by atoms with Crippen LogP contribution in [-0.4, -0.2) is 36.4 Å². The fourth-order valence-electron chi connectivity index (χ4n) is 2.21. The van der Waals surface area contributed by atoms with E-state index in [0.29, 0.717) is 11.6 Å². The molecule has 2 aromatic rings. The van der Waals surface area contributed by atoms with Crippen molar-refractivity contribution in [3.05, 3.63) is 59.2 Å². The second-order valence-corrected chi connectivity index (χ2v) is 5.75. The number of hydrogen-bond donors (Lipinski definition) is 2. The number of aliphatic carboxylic acids is 1. The summed E-state index contributed by atoms with van der Waals surface area (Å²) in [7, 11) is 1.37. The van der Waals surface area contributed by atoms with Crippen LogP contribution in [0.15, 0.2) is 47.6 Å². The van der Waals surface area contributed by atoms with Crippen LogP contribution in [0.4, 0.5) is 13.2 Å². The molecule has 2 rings (SSSR count). The van der Waals surface area contributed by atoms with E-state index in [0.717, 1.165) is 18.3 Å². The van der Waals surface area contributed by atoms with Gasteiger partial charge < -0.3 is 14.6 Å². The molecule has 154 valence electrons. The van der Waals surface area contributed by atoms with Crippen molar-refractivity contribution >= 4 is 18.1 Å². The maximum Gasteiger partial charge on any atom is 0.416 e. The van der Waals surface area contributed by atoms with Crippen molar-refractivity contribution in [2.24, 2.45) is 5.10 Å². The van der Waals surface area contributed by atoms with Gasteiger partial charge >= 0.3 is 12.1 Å². The lowest BCUT2D eigenvalue weighted by molar-refractivity contribution is -0.144. The molecule has 0 fully saturated rings. The molecule has 10 heteroatoms. The Hall–Kier alpha value is -3.56. The van der Waals surface area contributed by atoms with Gasteiger partial charge in [0.2, 0.25) is 0 Å². The van der Waals surface area contributed by atoms with Crippen molar-refractivity contribution in [3.63, 3.8) is 0 Å². The molecule has 29 heavy (non-hydrogen) atoms. The molecule has 0 radical (unpaired) electrons. The van der Waals surface area contributed by atoms with Gasteiger partial charge in [-0.3, -0.25) is 4.79 Å². The number of benzene rings is 2. The van der Waals surface area contributed by atoms with Crippen LogP contribution in [0.2, 0.25) is 0 Å². The Morgan fingerprint density at radius 3 is 2.52 bits per heavy atom. The largest absolute Gasteiger partial charge is 0.493 e. The van der Waals surface area contributed by atoms with Crippen LogP contribution in [0.5, 0.6) is 11.5 Å². The van der Waals surface area contributed by atoms with Crippen molar-refractivity contribution in [3.8, 4) is 11.5 Å². The topological polar surface area (TPSA) is 97.2 Å². The Bertz CT molecular complexity index is 928. The minimum Gasteiger partial charge on any atom is -0.493 e. The number of ether oxygens (including phenoxy) is 2. The van der Waals surface area contributed by atoms with Crippen molar-refractivity contribution in [2.75, 3.05) is 7.11 Å². The highest BCUT2D eigenvalue weighted by Gasteiger charge is 2.30. The quantitative estimate of drug-likeness (QED) is 0.539. The average Bonchev–Trinajstić information content (AvgIpc) is 2.68. The highest BCUT2D eigenvalue weighted by molar-refractivity contribution is 5.95. The van der Waals surface area contributed by atoms with Gasteiger partial charge in [0.05, 0.1) is 18.9 Å². The number of nitrogens with zero attached hydrogens (tertiary/aromatic N) is 1. The summed E-state index contributed by atoms with van der Waals surface area (Å²) in [5.74, 6) is -1.72. The summed E-state index contributed by atoms with van der Waals surface area (Å²) in [6, 6.07) is 8.56. The summed E-state index contributed by atoms with van der Waals surface area (Å²) < 4.78 is 48.8. The number of hydrazone groups is 1. The van der Waals surface area contributed by atoms with E-state index in [1.807, 2.05) is 0 Å². The number of alkyl halides is 3. The van der Waals surface area contributed by atoms with Crippen LogP contribution in [0.25, 0.3) is 0 Å². The fraction of sp³-hybridized carbons (Fsp3) is 0.211. The lowest BCUT2D eigenvalue weighted by Gasteiger charge is -2.15. The minimum absolute atomic E-state index is 0.0852. The lowest BCUT2D eigenvalue weighted by atomic mass is 10.1. The summed E-state index contributed by atoms with van der Waals surface area (Å²) in [4.78, 5) is 23.1. The lowest BCUT2D eigenvalue weighted by Crippen LogP contribution is -2.24. The highest BCUT2D eigenvalue weighted by Crippen LogP contribution is 2.31. The van der Waals surface area contributed by atoms with Crippen LogP contribution in [-0.2, 0) is 11.0 Å². The fourth-order valence-corrected chi connectivity index (χ4v) is 2.21. The summed E-state index contributed by atoms with van der Waals surface area (Å²) in [5, 5.41) is 12.7. The number of rotatable bonds is 7. The molecule has 0 unspecified atom stereocenters. The van der Waals surface area contributed by atoms with E-state index in [2.05, 4.69) is 10.5 Å². The Balaban J connectivity index is 2.20. The number of amides is 1. The maximum atomic E-state index is 12.8. The van der Waals surface area contributed by atoms with Crippen LogP contribution in [0.3, 0.4) is 0 Å². The van der Waals surface area contributed by atoms with Gasteiger partial charge in [0, 0.05) is 11.1 Å². The first-order chi connectivity index (χ1) is 13.6. The van der Waals surface area contributed by atoms with Gasteiger partial charge in [-0.2, -0.15) is 18.3 Å². The summed E-state index contributed by atoms with van der Waals surface area (Å²) in [5.41, 5.74) is 1.23. The molecule has 0 saturated heterocycles. The molecule has 1 amide bonds. The number of hydrogen-bond acceptors (Lipinski definition) is 5. The van der Waals surface area contributed by atoms with E-state index in [4.69, 9.17) is 14.6 Å². The summed E-state index contributed by atoms with van der Waals surface area (Å²) >= 11 is 0. The van der Waals surface area contributed by atoms with E-state index < -0.39 is 29.7 Å². The zero-order chi connectivity index (χ0) is 21.6. The Morgan fingerprint density at radius 1 is 1.21 bits per heavy atom. The highest BCUT2D eigenvalue weighted by atomic mass is 19.4. The summed E-state index contributed by atoms with van der Waals surface area (Å²) in [6.07, 6.45) is -4.59. The van der Waals surface area contributed by atoms with Gasteiger partial charge in [0.1, 0.15) is 0 Å². The average molecular weight is 410 g/mol. The zero-order valence-electron chi connectivity index (χ0n) is 15.4. The van der Waals surface area contributed by atoms with Gasteiger partial charge in [-0.15, -0.1) is 0 Å². The van der Waals surface area contributed by atoms with Gasteiger partial charge in [0.25, 0.3) is 5.91 Å². The number of nitrogens with one attached hydrogen (secondary N) is 1. The third-order valence-electron chi connectivity index (χ3n) is 3.69. The monoisotopic (exact) mass is 410 g/mol. The second-order valence-electron chi connectivity index (χ2n) is 5.75. The first kappa shape index (κ1) is 21.7. The number of carboxylic acids is 1. The van der Waals surface area contributed by atoms with E-state index >= 15 is 0 Å². The van der Waals surface area contributed by atoms with Gasteiger partial charge in [-0.25, -0.2) is 10.2 Å². The predicted octanol–water partition coefficient (Wildman–Crippen LogP) is 3.33. The first-order valence-corrected chi connectivity index (χ1v) is 8.20. The van der Waals surface area contributed by atoms with E-state index in [9.17, 15) is 22.8 Å². The molecule has 2 aromatic carbocycles. The minimum atomic E-state index is -4.58. The SMILES string of the molecule is COc1cccc(/C=N\NC(=O)c2cccc(C(F)(F)F)c2)c1O[C@H](C)C(=O)O. The Morgan fingerprint density at radius 2 is 1.90 bits per heavy atom. The van der Waals surface area contributed by atoms with Crippen molar-refractivity contribution in [2.45, 2.75) is 19.2 Å². The zero-order valence-corrected chi connectivity index (χ0v) is 15.4. The molecule has 0 bridgehead atoms. The maximum absolute atomic E-state index is 12.8. The molecule has 0 heterocycles. The molecule has 0 aromatic heterocycles. The number of carboxylic acid groups (broad SMARTS) is 1. The molecule has 0 saturated carbocycles. The number of halogens is 3. The summed E-state index contributed by atoms with van der Waals surface area (Å²) in [6.45, 7) is 1.32. The third-order valence-corrected chi connectivity index (χ3v) is 3.69. The van der Waals surface area contributed by atoms with E-state index in [1.165, 1.54) is 26.2 Å². The smallest absolute Gasteiger partial charge is 0.416 e. The molecule has 7 nitrogen and oxygen atoms in total. The molecule has 0 aliphatic carbocycles. The molecule has 0 aliphatic rings. The van der Waals surface area contributed by atoms with E-state index in [-0.39, 0.29) is 17.1 Å². The number of methoxy groups -OCH3 is 1. The van der Waals surface area contributed by atoms with Crippen molar-refractivity contribution < 1.29 is 37.3 Å². The molecule has 1 atom stereocenters. The third kappa shape index (κ3) is 5.71. The molecule has 2 N–H and O–H groups in total. The van der Waals surface area contributed by atoms with Gasteiger partial charge in [-0.05, 0) is 37.3 Å². The predicted molar refractivity (Wildman–Crippen MR) is 97.2 cm³/mol. The van der Waals surface area contributed by atoms with Crippen LogP contribution in [0.1, 0.15) is 28.4 Å². The van der Waals surface area contributed by atoms with Crippen molar-refractivity contribution in [1.82, 2.24) is 5.43 Å². The van der Waals surface area contributed by atoms with Crippen LogP contribution < -0.4 is 14.9 Å². The van der Waals surface area contributed by atoms with Gasteiger partial charge in [0.15, 0.2) is 17.6 Å². The Kier molecular flexibility index (Phi) is 6.81. The van der Waals surface area contributed by atoms with Crippen molar-refractivity contribution in [1.29, 1.82) is 0 Å². The first-order valence-electron chi connectivity index (χ1n) is 8.20. The molecule has 0 spiro atoms. The number of para-hydroxylation sites is 1. The van der Waals surface area contributed by atoms with Gasteiger partial charge in [-0.1, -0.05) is 12.1 Å².